The normalized spacial score (nSPS) is 13.1. The quantitative estimate of drug-likeness (QED) is 0.535. The first kappa shape index (κ1) is 9.84. The van der Waals surface area contributed by atoms with E-state index in [1.165, 1.54) is 6.07 Å². The third kappa shape index (κ3) is 1.91. The molecule has 0 heterocycles. The van der Waals surface area contributed by atoms with E-state index >= 15 is 0 Å². The summed E-state index contributed by atoms with van der Waals surface area (Å²) < 4.78 is 13.0. The van der Waals surface area contributed by atoms with Crippen molar-refractivity contribution in [2.24, 2.45) is 5.73 Å². The molecular formula is C8H9ClFNS. The minimum atomic E-state index is -0.535. The summed E-state index contributed by atoms with van der Waals surface area (Å²) in [5.74, 6) is -0.307. The summed E-state index contributed by atoms with van der Waals surface area (Å²) in [4.78, 5) is 0. The predicted octanol–water partition coefficient (Wildman–Crippen LogP) is 2.67. The topological polar surface area (TPSA) is 26.0 Å². The Bertz CT molecular complexity index is 301. The van der Waals surface area contributed by atoms with Crippen molar-refractivity contribution in [3.63, 3.8) is 0 Å². The highest BCUT2D eigenvalue weighted by molar-refractivity contribution is 7.80. The molecule has 1 aromatic rings. The lowest BCUT2D eigenvalue weighted by molar-refractivity contribution is 0.616. The first-order valence-electron chi connectivity index (χ1n) is 3.41. The van der Waals surface area contributed by atoms with E-state index < -0.39 is 5.37 Å². The van der Waals surface area contributed by atoms with Crippen LogP contribution in [0.1, 0.15) is 16.5 Å². The summed E-state index contributed by atoms with van der Waals surface area (Å²) in [6.07, 6.45) is 0. The van der Waals surface area contributed by atoms with Gasteiger partial charge in [0.2, 0.25) is 0 Å². The molecule has 0 aliphatic heterocycles. The number of hydrogen-bond acceptors (Lipinski definition) is 2. The van der Waals surface area contributed by atoms with Gasteiger partial charge >= 0.3 is 0 Å². The van der Waals surface area contributed by atoms with Crippen molar-refractivity contribution < 1.29 is 4.39 Å². The number of thiol groups is 1. The highest BCUT2D eigenvalue weighted by Gasteiger charge is 2.09. The van der Waals surface area contributed by atoms with Gasteiger partial charge in [0.05, 0.1) is 5.37 Å². The molecule has 1 unspecified atom stereocenters. The molecule has 12 heavy (non-hydrogen) atoms. The third-order valence-electron chi connectivity index (χ3n) is 1.60. The second-order valence-electron chi connectivity index (χ2n) is 2.57. The van der Waals surface area contributed by atoms with Crippen LogP contribution in [-0.4, -0.2) is 0 Å². The summed E-state index contributed by atoms with van der Waals surface area (Å²) in [6.45, 7) is 1.65. The smallest absolute Gasteiger partial charge is 0.126 e. The van der Waals surface area contributed by atoms with Crippen LogP contribution < -0.4 is 5.73 Å². The average molecular weight is 206 g/mol. The molecule has 1 aromatic carbocycles. The molecule has 1 nitrogen and oxygen atoms in total. The van der Waals surface area contributed by atoms with Gasteiger partial charge in [-0.05, 0) is 24.6 Å². The largest absolute Gasteiger partial charge is 0.316 e. The summed E-state index contributed by atoms with van der Waals surface area (Å²) in [6, 6.07) is 2.86. The van der Waals surface area contributed by atoms with Gasteiger partial charge in [-0.3, -0.25) is 0 Å². The lowest BCUT2D eigenvalue weighted by atomic mass is 10.1. The Balaban J connectivity index is 3.23. The van der Waals surface area contributed by atoms with Crippen molar-refractivity contribution in [3.05, 3.63) is 34.1 Å². The molecule has 1 rings (SSSR count). The van der Waals surface area contributed by atoms with Gasteiger partial charge in [0.25, 0.3) is 0 Å². The number of hydrogen-bond donors (Lipinski definition) is 2. The Morgan fingerprint density at radius 3 is 2.67 bits per heavy atom. The molecule has 0 aliphatic rings. The zero-order valence-electron chi connectivity index (χ0n) is 6.51. The van der Waals surface area contributed by atoms with Crippen LogP contribution in [0, 0.1) is 12.7 Å². The molecule has 0 amide bonds. The fraction of sp³-hybridized carbons (Fsp3) is 0.250. The molecule has 66 valence electrons. The molecule has 0 fully saturated rings. The maximum Gasteiger partial charge on any atom is 0.126 e. The molecule has 0 bridgehead atoms. The monoisotopic (exact) mass is 205 g/mol. The van der Waals surface area contributed by atoms with Crippen LogP contribution in [0.25, 0.3) is 0 Å². The SMILES string of the molecule is Cc1cc(Cl)c(C(N)S)cc1F. The minimum Gasteiger partial charge on any atom is -0.316 e. The van der Waals surface area contributed by atoms with Gasteiger partial charge in [-0.1, -0.05) is 11.6 Å². The molecule has 0 saturated carbocycles. The van der Waals surface area contributed by atoms with Crippen molar-refractivity contribution in [2.75, 3.05) is 0 Å². The number of halogens is 2. The summed E-state index contributed by atoms with van der Waals surface area (Å²) in [7, 11) is 0. The van der Waals surface area contributed by atoms with E-state index in [4.69, 9.17) is 17.3 Å². The van der Waals surface area contributed by atoms with Crippen LogP contribution in [0.5, 0.6) is 0 Å². The molecule has 0 aliphatic carbocycles. The third-order valence-corrected chi connectivity index (χ3v) is 2.20. The Labute approximate surface area is 81.1 Å². The first-order chi connectivity index (χ1) is 5.52. The van der Waals surface area contributed by atoms with Gasteiger partial charge in [-0.25, -0.2) is 4.39 Å². The van der Waals surface area contributed by atoms with Crippen molar-refractivity contribution >= 4 is 24.2 Å². The second kappa shape index (κ2) is 3.64. The molecule has 2 N–H and O–H groups in total. The van der Waals surface area contributed by atoms with E-state index in [1.807, 2.05) is 0 Å². The van der Waals surface area contributed by atoms with Crippen LogP contribution in [0.2, 0.25) is 5.02 Å². The van der Waals surface area contributed by atoms with E-state index in [0.717, 1.165) is 0 Å². The Morgan fingerprint density at radius 2 is 2.17 bits per heavy atom. The Kier molecular flexibility index (Phi) is 2.99. The number of benzene rings is 1. The number of nitrogens with two attached hydrogens (primary N) is 1. The van der Waals surface area contributed by atoms with Crippen molar-refractivity contribution in [1.82, 2.24) is 0 Å². The lowest BCUT2D eigenvalue weighted by Crippen LogP contribution is -2.04. The minimum absolute atomic E-state index is 0.307. The molecule has 0 saturated heterocycles. The Morgan fingerprint density at radius 1 is 1.58 bits per heavy atom. The van der Waals surface area contributed by atoms with Crippen molar-refractivity contribution in [2.45, 2.75) is 12.3 Å². The summed E-state index contributed by atoms with van der Waals surface area (Å²) in [5.41, 5.74) is 6.48. The molecule has 0 radical (unpaired) electrons. The van der Waals surface area contributed by atoms with Crippen molar-refractivity contribution in [1.29, 1.82) is 0 Å². The second-order valence-corrected chi connectivity index (χ2v) is 3.53. The zero-order valence-corrected chi connectivity index (χ0v) is 8.16. The first-order valence-corrected chi connectivity index (χ1v) is 4.31. The highest BCUT2D eigenvalue weighted by Crippen LogP contribution is 2.26. The van der Waals surface area contributed by atoms with Gasteiger partial charge in [0.15, 0.2) is 0 Å². The van der Waals surface area contributed by atoms with E-state index in [-0.39, 0.29) is 5.82 Å². The van der Waals surface area contributed by atoms with Gasteiger partial charge in [0, 0.05) is 10.6 Å². The van der Waals surface area contributed by atoms with Crippen molar-refractivity contribution in [3.8, 4) is 0 Å². The van der Waals surface area contributed by atoms with Gasteiger partial charge in [0.1, 0.15) is 5.82 Å². The zero-order chi connectivity index (χ0) is 9.30. The molecule has 4 heteroatoms. The maximum absolute atomic E-state index is 13.0. The molecule has 0 aromatic heterocycles. The van der Waals surface area contributed by atoms with E-state index in [0.29, 0.717) is 16.1 Å². The maximum atomic E-state index is 13.0. The van der Waals surface area contributed by atoms with E-state index in [9.17, 15) is 4.39 Å². The standard InChI is InChI=1S/C8H9ClFNS/c1-4-2-6(9)5(8(11)12)3-7(4)10/h2-3,8,12H,11H2,1H3. The highest BCUT2D eigenvalue weighted by atomic mass is 35.5. The number of rotatable bonds is 1. The van der Waals surface area contributed by atoms with E-state index in [1.54, 1.807) is 13.0 Å². The van der Waals surface area contributed by atoms with Crippen LogP contribution in [0.4, 0.5) is 4.39 Å². The average Bonchev–Trinajstić information content (AvgIpc) is 1.96. The molecule has 0 spiro atoms. The predicted molar refractivity (Wildman–Crippen MR) is 52.1 cm³/mol. The van der Waals surface area contributed by atoms with Crippen LogP contribution in [0.15, 0.2) is 12.1 Å². The van der Waals surface area contributed by atoms with Gasteiger partial charge in [-0.15, -0.1) is 0 Å². The van der Waals surface area contributed by atoms with Crippen LogP contribution in [-0.2, 0) is 0 Å². The number of aryl methyl sites for hydroxylation is 1. The molecule has 1 atom stereocenters. The fourth-order valence-electron chi connectivity index (χ4n) is 0.888. The van der Waals surface area contributed by atoms with Gasteiger partial charge < -0.3 is 5.73 Å². The molecular weight excluding hydrogens is 197 g/mol. The van der Waals surface area contributed by atoms with E-state index in [2.05, 4.69) is 12.6 Å². The Hall–Kier alpha value is -0.250. The summed E-state index contributed by atoms with van der Waals surface area (Å²) >= 11 is 9.77. The summed E-state index contributed by atoms with van der Waals surface area (Å²) in [5, 5.41) is -0.0796. The van der Waals surface area contributed by atoms with Crippen LogP contribution >= 0.6 is 24.2 Å². The van der Waals surface area contributed by atoms with Crippen LogP contribution in [0.3, 0.4) is 0 Å². The van der Waals surface area contributed by atoms with Gasteiger partial charge in [-0.2, -0.15) is 12.6 Å². The fourth-order valence-corrected chi connectivity index (χ4v) is 1.51. The lowest BCUT2D eigenvalue weighted by Gasteiger charge is -2.08.